The van der Waals surface area contributed by atoms with Crippen LogP contribution in [0.3, 0.4) is 0 Å². The molecule has 0 bridgehead atoms. The minimum atomic E-state index is 0.545. The monoisotopic (exact) mass is 295 g/mol. The molecule has 114 valence electrons. The third-order valence-electron chi connectivity index (χ3n) is 3.94. The molecule has 1 aliphatic carbocycles. The van der Waals surface area contributed by atoms with Gasteiger partial charge in [0.05, 0.1) is 10.7 Å². The van der Waals surface area contributed by atoms with Crippen LogP contribution >= 0.6 is 11.3 Å². The molecular weight excluding hydrogens is 266 g/mol. The van der Waals surface area contributed by atoms with Crippen LogP contribution < -0.4 is 5.32 Å². The van der Waals surface area contributed by atoms with Gasteiger partial charge in [0.15, 0.2) is 0 Å². The minimum absolute atomic E-state index is 0.545. The van der Waals surface area contributed by atoms with Crippen LogP contribution in [0.5, 0.6) is 0 Å². The number of aromatic nitrogens is 1. The highest BCUT2D eigenvalue weighted by Gasteiger charge is 2.29. The van der Waals surface area contributed by atoms with Gasteiger partial charge in [-0.15, -0.1) is 11.3 Å². The van der Waals surface area contributed by atoms with Crippen LogP contribution in [0.2, 0.25) is 0 Å². The van der Waals surface area contributed by atoms with Gasteiger partial charge in [0.25, 0.3) is 0 Å². The summed E-state index contributed by atoms with van der Waals surface area (Å²) in [7, 11) is 0. The summed E-state index contributed by atoms with van der Waals surface area (Å²) in [5.41, 5.74) is 1.40. The van der Waals surface area contributed by atoms with E-state index in [9.17, 15) is 0 Å². The van der Waals surface area contributed by atoms with Crippen LogP contribution in [-0.4, -0.2) is 35.6 Å². The Morgan fingerprint density at radius 1 is 1.30 bits per heavy atom. The Hall–Kier alpha value is -0.450. The Bertz CT molecular complexity index is 406. The first-order valence-electron chi connectivity index (χ1n) is 8.08. The van der Waals surface area contributed by atoms with Crippen molar-refractivity contribution in [1.82, 2.24) is 15.2 Å². The van der Waals surface area contributed by atoms with Gasteiger partial charge in [0, 0.05) is 36.3 Å². The van der Waals surface area contributed by atoms with Crippen molar-refractivity contribution in [3.05, 3.63) is 15.6 Å². The molecule has 1 aromatic heterocycles. The van der Waals surface area contributed by atoms with E-state index < -0.39 is 0 Å². The van der Waals surface area contributed by atoms with Crippen molar-refractivity contribution in [2.45, 2.75) is 65.5 Å². The molecule has 1 aliphatic rings. The van der Waals surface area contributed by atoms with Gasteiger partial charge in [-0.1, -0.05) is 27.7 Å². The van der Waals surface area contributed by atoms with Crippen molar-refractivity contribution in [2.24, 2.45) is 0 Å². The molecule has 0 radical (unpaired) electrons. The Balaban J connectivity index is 1.97. The second kappa shape index (κ2) is 7.53. The quantitative estimate of drug-likeness (QED) is 0.757. The van der Waals surface area contributed by atoms with E-state index in [0.29, 0.717) is 6.04 Å². The molecule has 4 heteroatoms. The molecule has 0 atom stereocenters. The molecule has 0 amide bonds. The van der Waals surface area contributed by atoms with Crippen LogP contribution in [0.1, 0.15) is 62.0 Å². The predicted molar refractivity (Wildman–Crippen MR) is 87.6 cm³/mol. The van der Waals surface area contributed by atoms with Gasteiger partial charge in [0.2, 0.25) is 0 Å². The van der Waals surface area contributed by atoms with Gasteiger partial charge in [-0.25, -0.2) is 4.98 Å². The Morgan fingerprint density at radius 2 is 2.00 bits per heavy atom. The number of nitrogens with zero attached hydrogens (tertiary/aromatic N) is 2. The molecule has 3 nitrogen and oxygen atoms in total. The molecule has 0 spiro atoms. The Morgan fingerprint density at radius 3 is 2.55 bits per heavy atom. The van der Waals surface area contributed by atoms with E-state index >= 15 is 0 Å². The molecule has 2 rings (SSSR count). The molecule has 20 heavy (non-hydrogen) atoms. The summed E-state index contributed by atoms with van der Waals surface area (Å²) in [6.45, 7) is 13.3. The summed E-state index contributed by atoms with van der Waals surface area (Å²) in [6.07, 6.45) is 3.79. The smallest absolute Gasteiger partial charge is 0.0944 e. The number of hydrogen-bond donors (Lipinski definition) is 1. The first kappa shape index (κ1) is 15.9. The fourth-order valence-corrected chi connectivity index (χ4v) is 3.51. The molecule has 1 saturated carbocycles. The topological polar surface area (TPSA) is 28.2 Å². The van der Waals surface area contributed by atoms with Crippen LogP contribution in [0.25, 0.3) is 0 Å². The van der Waals surface area contributed by atoms with E-state index in [0.717, 1.165) is 38.5 Å². The fourth-order valence-electron chi connectivity index (χ4n) is 2.41. The first-order chi connectivity index (χ1) is 9.63. The lowest BCUT2D eigenvalue weighted by atomic mass is 10.2. The van der Waals surface area contributed by atoms with Gasteiger partial charge in [-0.3, -0.25) is 0 Å². The summed E-state index contributed by atoms with van der Waals surface area (Å²) in [5, 5.41) is 4.88. The minimum Gasteiger partial charge on any atom is -0.310 e. The van der Waals surface area contributed by atoms with Crippen molar-refractivity contribution in [3.63, 3.8) is 0 Å². The summed E-state index contributed by atoms with van der Waals surface area (Å²) in [6, 6.07) is 0.545. The number of likely N-dealkylation sites (N-methyl/N-ethyl adjacent to an activating group) is 1. The van der Waals surface area contributed by atoms with E-state index in [1.807, 2.05) is 11.3 Å². The number of nitrogens with one attached hydrogen (secondary N) is 1. The normalized spacial score (nSPS) is 15.5. The van der Waals surface area contributed by atoms with Crippen molar-refractivity contribution in [1.29, 1.82) is 0 Å². The zero-order chi connectivity index (χ0) is 14.5. The van der Waals surface area contributed by atoms with Crippen molar-refractivity contribution < 1.29 is 0 Å². The number of rotatable bonds is 9. The Kier molecular flexibility index (Phi) is 6.00. The molecule has 0 saturated heterocycles. The number of thiazole rings is 1. The van der Waals surface area contributed by atoms with Crippen molar-refractivity contribution >= 4 is 11.3 Å². The summed E-state index contributed by atoms with van der Waals surface area (Å²) in [5.74, 6) is 0.761. The lowest BCUT2D eigenvalue weighted by Gasteiger charge is -2.16. The van der Waals surface area contributed by atoms with Gasteiger partial charge in [-0.2, -0.15) is 0 Å². The molecule has 1 N–H and O–H groups in total. The van der Waals surface area contributed by atoms with E-state index in [1.54, 1.807) is 0 Å². The van der Waals surface area contributed by atoms with Crippen LogP contribution in [0.15, 0.2) is 0 Å². The zero-order valence-corrected chi connectivity index (χ0v) is 14.2. The standard InChI is InChI=1S/C16H29N3S/c1-5-19(6-2)10-9-15-18-16(13-7-8-13)14(20-15)11-17-12(3)4/h12-13,17H,5-11H2,1-4H3. The highest BCUT2D eigenvalue weighted by atomic mass is 32.1. The van der Waals surface area contributed by atoms with E-state index in [2.05, 4.69) is 37.9 Å². The highest BCUT2D eigenvalue weighted by molar-refractivity contribution is 7.11. The van der Waals surface area contributed by atoms with Gasteiger partial charge in [-0.05, 0) is 25.9 Å². The van der Waals surface area contributed by atoms with Crippen LogP contribution in [-0.2, 0) is 13.0 Å². The third-order valence-corrected chi connectivity index (χ3v) is 5.07. The van der Waals surface area contributed by atoms with Crippen molar-refractivity contribution in [3.8, 4) is 0 Å². The van der Waals surface area contributed by atoms with Crippen LogP contribution in [0, 0.1) is 0 Å². The first-order valence-corrected chi connectivity index (χ1v) is 8.89. The number of hydrogen-bond acceptors (Lipinski definition) is 4. The summed E-state index contributed by atoms with van der Waals surface area (Å²) in [4.78, 5) is 8.90. The largest absolute Gasteiger partial charge is 0.310 e. The summed E-state index contributed by atoms with van der Waals surface area (Å²) >= 11 is 1.93. The van der Waals surface area contributed by atoms with Gasteiger partial charge < -0.3 is 10.2 Å². The average Bonchev–Trinajstić information content (AvgIpc) is 3.19. The second-order valence-corrected chi connectivity index (χ2v) is 7.17. The zero-order valence-electron chi connectivity index (χ0n) is 13.4. The maximum Gasteiger partial charge on any atom is 0.0944 e. The third kappa shape index (κ3) is 4.54. The molecule has 0 aromatic carbocycles. The average molecular weight is 295 g/mol. The molecule has 1 fully saturated rings. The maximum atomic E-state index is 4.94. The second-order valence-electron chi connectivity index (χ2n) is 6.00. The maximum absolute atomic E-state index is 4.94. The van der Waals surface area contributed by atoms with E-state index in [4.69, 9.17) is 4.98 Å². The molecule has 1 heterocycles. The Labute approximate surface area is 127 Å². The van der Waals surface area contributed by atoms with Gasteiger partial charge in [0.1, 0.15) is 0 Å². The van der Waals surface area contributed by atoms with E-state index in [-0.39, 0.29) is 0 Å². The lowest BCUT2D eigenvalue weighted by molar-refractivity contribution is 0.308. The molecule has 0 aliphatic heterocycles. The van der Waals surface area contributed by atoms with Gasteiger partial charge >= 0.3 is 0 Å². The fraction of sp³-hybridized carbons (Fsp3) is 0.812. The van der Waals surface area contributed by atoms with Crippen LogP contribution in [0.4, 0.5) is 0 Å². The van der Waals surface area contributed by atoms with Crippen molar-refractivity contribution in [2.75, 3.05) is 19.6 Å². The predicted octanol–water partition coefficient (Wildman–Crippen LogP) is 3.40. The molecular formula is C16H29N3S. The molecule has 1 aromatic rings. The summed E-state index contributed by atoms with van der Waals surface area (Å²) < 4.78 is 0. The highest BCUT2D eigenvalue weighted by Crippen LogP contribution is 2.42. The SMILES string of the molecule is CCN(CC)CCc1nc(C2CC2)c(CNC(C)C)s1. The van der Waals surface area contributed by atoms with E-state index in [1.165, 1.54) is 28.4 Å². The molecule has 0 unspecified atom stereocenters. The lowest BCUT2D eigenvalue weighted by Crippen LogP contribution is -2.25.